The molecule has 0 radical (unpaired) electrons. The van der Waals surface area contributed by atoms with Crippen LogP contribution in [-0.2, 0) is 21.4 Å². The number of carboxylic acid groups (broad SMARTS) is 1. The summed E-state index contributed by atoms with van der Waals surface area (Å²) in [5, 5.41) is 12.4. The molecule has 1 aromatic carbocycles. The number of aliphatic carboxylic acids is 1. The number of carboxylic acids is 1. The fraction of sp³-hybridized carbons (Fsp3) is 0.286. The molecule has 1 aromatic heterocycles. The second-order valence-electron chi connectivity index (χ2n) is 4.87. The number of aryl methyl sites for hydroxylation is 1. The summed E-state index contributed by atoms with van der Waals surface area (Å²) in [6.45, 7) is 2.90. The maximum atomic E-state index is 13.4. The lowest BCUT2D eigenvalue weighted by Gasteiger charge is -2.22. The summed E-state index contributed by atoms with van der Waals surface area (Å²) in [4.78, 5) is 10.5. The minimum atomic E-state index is -3.91. The van der Waals surface area contributed by atoms with E-state index in [0.29, 0.717) is 11.3 Å². The molecule has 1 N–H and O–H groups in total. The van der Waals surface area contributed by atoms with Crippen LogP contribution in [0.5, 0.6) is 0 Å². The Morgan fingerprint density at radius 3 is 2.70 bits per heavy atom. The van der Waals surface area contributed by atoms with Crippen molar-refractivity contribution in [3.63, 3.8) is 0 Å². The molecular formula is C14H16FN3O4S. The van der Waals surface area contributed by atoms with Crippen LogP contribution in [-0.4, -0.2) is 35.8 Å². The highest BCUT2D eigenvalue weighted by Crippen LogP contribution is 2.25. The predicted molar refractivity (Wildman–Crippen MR) is 81.2 cm³/mol. The molecular weight excluding hydrogens is 325 g/mol. The molecule has 0 saturated carbocycles. The number of anilines is 1. The summed E-state index contributed by atoms with van der Waals surface area (Å²) in [6.07, 6.45) is 2.25. The first-order chi connectivity index (χ1) is 10.8. The fourth-order valence-corrected chi connectivity index (χ4v) is 3.53. The van der Waals surface area contributed by atoms with Crippen LogP contribution in [0, 0.1) is 12.7 Å². The molecule has 9 heteroatoms. The van der Waals surface area contributed by atoms with Gasteiger partial charge in [0.15, 0.2) is 0 Å². The van der Waals surface area contributed by atoms with Crippen molar-refractivity contribution in [1.29, 1.82) is 0 Å². The van der Waals surface area contributed by atoms with Gasteiger partial charge in [0.1, 0.15) is 17.3 Å². The van der Waals surface area contributed by atoms with Crippen LogP contribution in [0.25, 0.3) is 0 Å². The van der Waals surface area contributed by atoms with E-state index in [0.717, 1.165) is 21.4 Å². The fourth-order valence-electron chi connectivity index (χ4n) is 2.11. The van der Waals surface area contributed by atoms with E-state index >= 15 is 0 Å². The van der Waals surface area contributed by atoms with Crippen molar-refractivity contribution in [1.82, 2.24) is 9.78 Å². The molecule has 2 aromatic rings. The van der Waals surface area contributed by atoms with Gasteiger partial charge in [-0.1, -0.05) is 0 Å². The molecule has 0 saturated heterocycles. The van der Waals surface area contributed by atoms with Crippen LogP contribution in [0.4, 0.5) is 10.1 Å². The van der Waals surface area contributed by atoms with Crippen molar-refractivity contribution in [2.75, 3.05) is 10.8 Å². The molecule has 0 aliphatic heterocycles. The van der Waals surface area contributed by atoms with Crippen LogP contribution >= 0.6 is 0 Å². The molecule has 0 atom stereocenters. The Bertz CT molecular complexity index is 832. The number of sulfonamides is 1. The minimum Gasteiger partial charge on any atom is -0.480 e. The van der Waals surface area contributed by atoms with Gasteiger partial charge in [-0.2, -0.15) is 5.10 Å². The highest BCUT2D eigenvalue weighted by Gasteiger charge is 2.25. The number of halogens is 1. The predicted octanol–water partition coefficient (Wildman–Crippen LogP) is 1.63. The van der Waals surface area contributed by atoms with Crippen molar-refractivity contribution in [3.8, 4) is 0 Å². The Morgan fingerprint density at radius 2 is 2.13 bits per heavy atom. The van der Waals surface area contributed by atoms with E-state index in [9.17, 15) is 17.6 Å². The summed E-state index contributed by atoms with van der Waals surface area (Å²) < 4.78 is 40.9. The van der Waals surface area contributed by atoms with Crippen LogP contribution in [0.2, 0.25) is 0 Å². The van der Waals surface area contributed by atoms with Crippen LogP contribution in [0.1, 0.15) is 12.5 Å². The summed E-state index contributed by atoms with van der Waals surface area (Å²) in [5.41, 5.74) is 0.662. The van der Waals surface area contributed by atoms with Crippen molar-refractivity contribution in [2.45, 2.75) is 25.3 Å². The third-order valence-corrected chi connectivity index (χ3v) is 5.07. The maximum absolute atomic E-state index is 13.4. The topological polar surface area (TPSA) is 92.5 Å². The molecule has 0 unspecified atom stereocenters. The molecule has 0 bridgehead atoms. The average Bonchev–Trinajstić information content (AvgIpc) is 2.91. The second-order valence-corrected chi connectivity index (χ2v) is 6.73. The van der Waals surface area contributed by atoms with Gasteiger partial charge in [-0.15, -0.1) is 0 Å². The monoisotopic (exact) mass is 341 g/mol. The molecule has 1 heterocycles. The number of rotatable bonds is 6. The SMILES string of the molecule is CCN(c1ccc(F)c(C)c1)S(=O)(=O)c1cnn(CC(=O)O)c1. The number of nitrogens with zero attached hydrogens (tertiary/aromatic N) is 3. The van der Waals surface area contributed by atoms with E-state index in [1.54, 1.807) is 13.8 Å². The number of hydrogen-bond donors (Lipinski definition) is 1. The standard InChI is InChI=1S/C14H16FN3O4S/c1-3-18(11-4-5-13(15)10(2)6-11)23(21,22)12-7-16-17(8-12)9-14(19)20/h4-8H,3,9H2,1-2H3,(H,19,20). The van der Waals surface area contributed by atoms with Gasteiger partial charge < -0.3 is 5.11 Å². The molecule has 124 valence electrons. The summed E-state index contributed by atoms with van der Waals surface area (Å²) in [5.74, 6) is -1.55. The quantitative estimate of drug-likeness (QED) is 0.862. The van der Waals surface area contributed by atoms with Crippen LogP contribution in [0.3, 0.4) is 0 Å². The Balaban J connectivity index is 2.40. The molecule has 0 spiro atoms. The van der Waals surface area contributed by atoms with E-state index in [2.05, 4.69) is 5.10 Å². The Labute approximate surface area is 133 Å². The average molecular weight is 341 g/mol. The van der Waals surface area contributed by atoms with Gasteiger partial charge in [0.2, 0.25) is 0 Å². The first kappa shape index (κ1) is 16.9. The zero-order valence-electron chi connectivity index (χ0n) is 12.6. The normalized spacial score (nSPS) is 11.4. The first-order valence-electron chi connectivity index (χ1n) is 6.79. The van der Waals surface area contributed by atoms with E-state index in [4.69, 9.17) is 5.11 Å². The first-order valence-corrected chi connectivity index (χ1v) is 8.23. The number of benzene rings is 1. The summed E-state index contributed by atoms with van der Waals surface area (Å²) >= 11 is 0. The van der Waals surface area contributed by atoms with E-state index < -0.39 is 28.4 Å². The molecule has 2 rings (SSSR count). The zero-order chi connectivity index (χ0) is 17.2. The van der Waals surface area contributed by atoms with Crippen LogP contribution in [0.15, 0.2) is 35.5 Å². The van der Waals surface area contributed by atoms with Gasteiger partial charge in [-0.05, 0) is 37.6 Å². The van der Waals surface area contributed by atoms with Crippen LogP contribution < -0.4 is 4.31 Å². The van der Waals surface area contributed by atoms with Crippen molar-refractivity contribution >= 4 is 21.7 Å². The molecule has 0 fully saturated rings. The van der Waals surface area contributed by atoms with Gasteiger partial charge in [-0.25, -0.2) is 12.8 Å². The van der Waals surface area contributed by atoms with Gasteiger partial charge >= 0.3 is 5.97 Å². The van der Waals surface area contributed by atoms with Gasteiger partial charge in [0.25, 0.3) is 10.0 Å². The Morgan fingerprint density at radius 1 is 1.43 bits per heavy atom. The lowest BCUT2D eigenvalue weighted by molar-refractivity contribution is -0.137. The minimum absolute atomic E-state index is 0.123. The summed E-state index contributed by atoms with van der Waals surface area (Å²) in [7, 11) is -3.91. The Kier molecular flexibility index (Phi) is 4.69. The number of hydrogen-bond acceptors (Lipinski definition) is 4. The zero-order valence-corrected chi connectivity index (χ0v) is 13.4. The second kappa shape index (κ2) is 6.37. The van der Waals surface area contributed by atoms with Crippen molar-refractivity contribution in [2.24, 2.45) is 0 Å². The summed E-state index contributed by atoms with van der Waals surface area (Å²) in [6, 6.07) is 4.03. The number of aromatic nitrogens is 2. The Hall–Kier alpha value is -2.42. The van der Waals surface area contributed by atoms with E-state index in [-0.39, 0.29) is 11.4 Å². The largest absolute Gasteiger partial charge is 0.480 e. The highest BCUT2D eigenvalue weighted by atomic mass is 32.2. The third kappa shape index (κ3) is 3.50. The number of carbonyl (C=O) groups is 1. The molecule has 0 aliphatic carbocycles. The molecule has 0 amide bonds. The van der Waals surface area contributed by atoms with Gasteiger partial charge in [0, 0.05) is 12.7 Å². The highest BCUT2D eigenvalue weighted by molar-refractivity contribution is 7.92. The van der Waals surface area contributed by atoms with Gasteiger partial charge in [-0.3, -0.25) is 13.8 Å². The molecule has 0 aliphatic rings. The smallest absolute Gasteiger partial charge is 0.325 e. The lowest BCUT2D eigenvalue weighted by atomic mass is 10.2. The molecule has 23 heavy (non-hydrogen) atoms. The van der Waals surface area contributed by atoms with E-state index in [1.165, 1.54) is 18.2 Å². The van der Waals surface area contributed by atoms with E-state index in [1.807, 2.05) is 0 Å². The third-order valence-electron chi connectivity index (χ3n) is 3.21. The molecule has 7 nitrogen and oxygen atoms in total. The lowest BCUT2D eigenvalue weighted by Crippen LogP contribution is -2.30. The van der Waals surface area contributed by atoms with Gasteiger partial charge in [0.05, 0.1) is 11.9 Å². The van der Waals surface area contributed by atoms with Crippen molar-refractivity contribution in [3.05, 3.63) is 42.0 Å². The van der Waals surface area contributed by atoms with Crippen molar-refractivity contribution < 1.29 is 22.7 Å². The maximum Gasteiger partial charge on any atom is 0.325 e.